The van der Waals surface area contributed by atoms with Gasteiger partial charge >= 0.3 is 0 Å². The third-order valence-electron chi connectivity index (χ3n) is 9.28. The lowest BCUT2D eigenvalue weighted by Gasteiger charge is -2.25. The first-order chi connectivity index (χ1) is 23.8. The lowest BCUT2D eigenvalue weighted by atomic mass is 10.1. The van der Waals surface area contributed by atoms with E-state index in [-0.39, 0.29) is 0 Å². The summed E-state index contributed by atoms with van der Waals surface area (Å²) in [6, 6.07) is 56.0. The molecule has 4 aromatic heterocycles. The summed E-state index contributed by atoms with van der Waals surface area (Å²) in [5.41, 5.74) is 9.84. The molecule has 10 rings (SSSR count). The van der Waals surface area contributed by atoms with Crippen molar-refractivity contribution < 1.29 is 8.98 Å². The number of nitrogens with zero attached hydrogens (tertiary/aromatic N) is 3. The van der Waals surface area contributed by atoms with Gasteiger partial charge in [0.15, 0.2) is 18.0 Å². The average molecular weight is 635 g/mol. The van der Waals surface area contributed by atoms with E-state index in [4.69, 9.17) is 4.42 Å². The van der Waals surface area contributed by atoms with Crippen LogP contribution in [0.5, 0.6) is 0 Å². The second-order valence-electron chi connectivity index (χ2n) is 12.1. The molecule has 6 aromatic carbocycles. The zero-order chi connectivity index (χ0) is 31.6. The van der Waals surface area contributed by atoms with Gasteiger partial charge in [-0.25, -0.2) is 0 Å². The summed E-state index contributed by atoms with van der Waals surface area (Å²) in [7, 11) is 0. The Labute approximate surface area is 280 Å². The molecular weight excluding hydrogens is 607 g/mol. The van der Waals surface area contributed by atoms with Crippen LogP contribution in [0.25, 0.3) is 64.5 Å². The first-order valence-corrected chi connectivity index (χ1v) is 16.9. The van der Waals surface area contributed by atoms with Gasteiger partial charge in [-0.3, -0.25) is 0 Å². The number of anilines is 3. The monoisotopic (exact) mass is 634 g/mol. The predicted molar refractivity (Wildman–Crippen MR) is 200 cm³/mol. The molecule has 0 spiro atoms. The lowest BCUT2D eigenvalue weighted by molar-refractivity contribution is -0.595. The van der Waals surface area contributed by atoms with Gasteiger partial charge in [0, 0.05) is 67.6 Å². The molecule has 0 N–H and O–H groups in total. The van der Waals surface area contributed by atoms with E-state index in [0.29, 0.717) is 0 Å². The summed E-state index contributed by atoms with van der Waals surface area (Å²) in [4.78, 5) is 2.36. The van der Waals surface area contributed by atoms with Gasteiger partial charge in [0.1, 0.15) is 5.58 Å². The molecule has 4 nitrogen and oxygen atoms in total. The van der Waals surface area contributed by atoms with Crippen LogP contribution >= 0.6 is 11.3 Å². The van der Waals surface area contributed by atoms with Crippen molar-refractivity contribution in [1.82, 2.24) is 4.57 Å². The normalized spacial score (nSPS) is 11.8. The van der Waals surface area contributed by atoms with E-state index in [1.165, 1.54) is 36.6 Å². The second kappa shape index (κ2) is 10.7. The highest BCUT2D eigenvalue weighted by Crippen LogP contribution is 2.44. The van der Waals surface area contributed by atoms with Crippen LogP contribution in [0.15, 0.2) is 175 Å². The van der Waals surface area contributed by atoms with E-state index in [9.17, 15) is 0 Å². The summed E-state index contributed by atoms with van der Waals surface area (Å²) < 4.78 is 13.3. The van der Waals surface area contributed by atoms with Crippen LogP contribution in [0, 0.1) is 0 Å². The van der Waals surface area contributed by atoms with Crippen molar-refractivity contribution >= 4 is 81.5 Å². The number of hydrogen-bond donors (Lipinski definition) is 0. The maximum atomic E-state index is 6.35. The van der Waals surface area contributed by atoms with Gasteiger partial charge in [-0.1, -0.05) is 66.7 Å². The minimum absolute atomic E-state index is 0.935. The van der Waals surface area contributed by atoms with Gasteiger partial charge in [-0.2, -0.15) is 4.57 Å². The number of para-hydroxylation sites is 4. The summed E-state index contributed by atoms with van der Waals surface area (Å²) in [6.07, 6.45) is 4.28. The van der Waals surface area contributed by atoms with Crippen LogP contribution in [0.4, 0.5) is 17.1 Å². The minimum Gasteiger partial charge on any atom is -0.454 e. The standard InChI is InChI=1S/C43H28N3OS/c1-3-11-29(12-4-1)44-25-23-31(24-26-44)45(33-19-21-36-41(28-33)48-43-35-16-8-10-18-40(35)47-42(36)43)32-20-22-39-37(27-32)34-15-7-9-17-38(34)46(39)30-13-5-2-6-14-30/h1-28H/q+1. The molecule has 0 aliphatic rings. The van der Waals surface area contributed by atoms with Crippen molar-refractivity contribution in [3.8, 4) is 11.4 Å². The molecule has 0 saturated carbocycles. The Hall–Kier alpha value is -6.17. The molecule has 0 radical (unpaired) electrons. The quantitative estimate of drug-likeness (QED) is 0.176. The number of rotatable bonds is 5. The summed E-state index contributed by atoms with van der Waals surface area (Å²) in [5, 5.41) is 4.76. The summed E-state index contributed by atoms with van der Waals surface area (Å²) in [6.45, 7) is 0. The van der Waals surface area contributed by atoms with Crippen molar-refractivity contribution in [2.75, 3.05) is 4.90 Å². The lowest BCUT2D eigenvalue weighted by Crippen LogP contribution is -2.29. The van der Waals surface area contributed by atoms with E-state index >= 15 is 0 Å². The van der Waals surface area contributed by atoms with E-state index in [1.54, 1.807) is 11.3 Å². The molecule has 0 saturated heterocycles. The SMILES string of the molecule is c1ccc(-n2c3ccccc3c3cc(N(c4cc[n+](-c5ccccc5)cc4)c4ccc5c(c4)sc4c6ccccc6oc54)ccc32)cc1. The predicted octanol–water partition coefficient (Wildman–Crippen LogP) is 11.6. The number of furan rings is 1. The first kappa shape index (κ1) is 27.0. The molecule has 0 atom stereocenters. The molecule has 4 heterocycles. The van der Waals surface area contributed by atoms with E-state index in [0.717, 1.165) is 45.0 Å². The van der Waals surface area contributed by atoms with Crippen LogP contribution in [0.1, 0.15) is 0 Å². The van der Waals surface area contributed by atoms with Crippen molar-refractivity contribution in [2.45, 2.75) is 0 Å². The molecule has 10 aromatic rings. The van der Waals surface area contributed by atoms with Crippen LogP contribution in [0.2, 0.25) is 0 Å². The highest BCUT2D eigenvalue weighted by molar-refractivity contribution is 7.26. The van der Waals surface area contributed by atoms with Crippen molar-refractivity contribution in [1.29, 1.82) is 0 Å². The maximum absolute atomic E-state index is 6.35. The number of fused-ring (bicyclic) bond motifs is 8. The highest BCUT2D eigenvalue weighted by Gasteiger charge is 2.20. The third kappa shape index (κ3) is 4.18. The Balaban J connectivity index is 1.18. The Morgan fingerprint density at radius 3 is 2.02 bits per heavy atom. The zero-order valence-corrected chi connectivity index (χ0v) is 26.6. The van der Waals surface area contributed by atoms with Crippen LogP contribution in [0.3, 0.4) is 0 Å². The Morgan fingerprint density at radius 2 is 1.19 bits per heavy atom. The third-order valence-corrected chi connectivity index (χ3v) is 10.5. The number of pyridine rings is 1. The van der Waals surface area contributed by atoms with Crippen molar-refractivity contribution in [3.05, 3.63) is 170 Å². The van der Waals surface area contributed by atoms with Gasteiger partial charge in [0.05, 0.1) is 21.4 Å². The topological polar surface area (TPSA) is 25.2 Å². The number of thiophene rings is 1. The molecule has 0 fully saturated rings. The highest BCUT2D eigenvalue weighted by atomic mass is 32.1. The minimum atomic E-state index is 0.935. The fourth-order valence-corrected chi connectivity index (χ4v) is 8.27. The number of benzene rings is 6. The van der Waals surface area contributed by atoms with E-state index < -0.39 is 0 Å². The Bertz CT molecular complexity index is 2780. The molecule has 48 heavy (non-hydrogen) atoms. The molecule has 0 aliphatic carbocycles. The van der Waals surface area contributed by atoms with Gasteiger partial charge in [0.25, 0.3) is 0 Å². The Morgan fingerprint density at radius 1 is 0.521 bits per heavy atom. The zero-order valence-electron chi connectivity index (χ0n) is 25.8. The van der Waals surface area contributed by atoms with Gasteiger partial charge < -0.3 is 13.9 Å². The van der Waals surface area contributed by atoms with Crippen LogP contribution in [-0.2, 0) is 0 Å². The summed E-state index contributed by atoms with van der Waals surface area (Å²) in [5.74, 6) is 0. The molecule has 0 aliphatic heterocycles. The molecular formula is C43H28N3OS+. The first-order valence-electron chi connectivity index (χ1n) is 16.1. The fraction of sp³-hybridized carbons (Fsp3) is 0. The number of hydrogen-bond acceptors (Lipinski definition) is 3. The largest absolute Gasteiger partial charge is 0.454 e. The second-order valence-corrected chi connectivity index (χ2v) is 13.1. The summed E-state index contributed by atoms with van der Waals surface area (Å²) >= 11 is 1.80. The smallest absolute Gasteiger partial charge is 0.210 e. The van der Waals surface area contributed by atoms with E-state index in [2.05, 4.69) is 166 Å². The van der Waals surface area contributed by atoms with Crippen LogP contribution < -0.4 is 9.47 Å². The van der Waals surface area contributed by atoms with Gasteiger partial charge in [-0.15, -0.1) is 11.3 Å². The Kier molecular flexibility index (Phi) is 6.01. The maximum Gasteiger partial charge on any atom is 0.210 e. The average Bonchev–Trinajstić information content (AvgIpc) is 3.80. The molecule has 0 amide bonds. The fourth-order valence-electron chi connectivity index (χ4n) is 7.07. The molecule has 5 heteroatoms. The van der Waals surface area contributed by atoms with Crippen LogP contribution in [-0.4, -0.2) is 4.57 Å². The van der Waals surface area contributed by atoms with E-state index in [1.807, 2.05) is 18.2 Å². The van der Waals surface area contributed by atoms with Crippen molar-refractivity contribution in [2.24, 2.45) is 0 Å². The van der Waals surface area contributed by atoms with Gasteiger partial charge in [-0.05, 0) is 66.7 Å². The molecule has 0 bridgehead atoms. The van der Waals surface area contributed by atoms with Crippen molar-refractivity contribution in [3.63, 3.8) is 0 Å². The molecule has 226 valence electrons. The van der Waals surface area contributed by atoms with Gasteiger partial charge in [0.2, 0.25) is 5.69 Å². The number of aromatic nitrogens is 2. The molecule has 0 unspecified atom stereocenters.